The number of hydrogen-bond acceptors (Lipinski definition) is 7. The lowest BCUT2D eigenvalue weighted by Crippen LogP contribution is -2.27. The van der Waals surface area contributed by atoms with Crippen LogP contribution in [-0.4, -0.2) is 34.1 Å². The second-order valence-electron chi connectivity index (χ2n) is 7.15. The van der Waals surface area contributed by atoms with Crippen molar-refractivity contribution in [1.82, 2.24) is 20.5 Å². The highest BCUT2D eigenvalue weighted by Crippen LogP contribution is 2.34. The maximum Gasteiger partial charge on any atom is 0.412 e. The lowest BCUT2D eigenvalue weighted by Gasteiger charge is -2.12. The molecule has 31 heavy (non-hydrogen) atoms. The molecule has 0 bridgehead atoms. The van der Waals surface area contributed by atoms with Crippen molar-refractivity contribution in [1.29, 1.82) is 0 Å². The van der Waals surface area contributed by atoms with Crippen LogP contribution in [0, 0.1) is 0 Å². The van der Waals surface area contributed by atoms with E-state index in [2.05, 4.69) is 27.4 Å². The summed E-state index contributed by atoms with van der Waals surface area (Å²) in [4.78, 5) is 17.5. The fourth-order valence-corrected chi connectivity index (χ4v) is 3.82. The number of unbranched alkanes of at least 4 members (excludes halogenated alkanes) is 5. The Morgan fingerprint density at radius 1 is 1.10 bits per heavy atom. The van der Waals surface area contributed by atoms with Gasteiger partial charge in [0.15, 0.2) is 0 Å². The van der Waals surface area contributed by atoms with Gasteiger partial charge in [-0.15, -0.1) is 22.0 Å². The molecule has 1 aromatic carbocycles. The van der Waals surface area contributed by atoms with E-state index in [4.69, 9.17) is 9.15 Å². The number of ether oxygens (including phenoxy) is 1. The number of carbonyl (C=O) groups excluding carboxylic acids is 1. The van der Waals surface area contributed by atoms with Crippen molar-refractivity contribution in [2.75, 3.05) is 12.8 Å². The highest BCUT2D eigenvalue weighted by Gasteiger charge is 2.12. The quantitative estimate of drug-likeness (QED) is 0.290. The number of amides is 1. The minimum atomic E-state index is -0.436. The molecule has 3 aromatic rings. The fourth-order valence-electron chi connectivity index (χ4n) is 3.22. The molecule has 0 saturated heterocycles. The van der Waals surface area contributed by atoms with Gasteiger partial charge in [-0.1, -0.05) is 39.0 Å². The summed E-state index contributed by atoms with van der Waals surface area (Å²) in [5.74, 6) is 0.887. The molecule has 0 aliphatic carbocycles. The maximum absolute atomic E-state index is 12.2. The molecule has 0 radical (unpaired) electrons. The summed E-state index contributed by atoms with van der Waals surface area (Å²) in [5, 5.41) is 10.5. The van der Waals surface area contributed by atoms with Crippen molar-refractivity contribution in [2.24, 2.45) is 0 Å². The summed E-state index contributed by atoms with van der Waals surface area (Å²) in [7, 11) is 0. The average Bonchev–Trinajstić information content (AvgIpc) is 3.34. The van der Waals surface area contributed by atoms with Crippen LogP contribution in [0.1, 0.15) is 45.4 Å². The summed E-state index contributed by atoms with van der Waals surface area (Å²) in [5.41, 5.74) is 2.52. The van der Waals surface area contributed by atoms with Crippen molar-refractivity contribution in [3.8, 4) is 28.3 Å². The third-order valence-corrected chi connectivity index (χ3v) is 5.63. The van der Waals surface area contributed by atoms with Crippen LogP contribution in [0.4, 0.5) is 4.79 Å². The van der Waals surface area contributed by atoms with Gasteiger partial charge in [0.1, 0.15) is 5.75 Å². The van der Waals surface area contributed by atoms with Gasteiger partial charge >= 0.3 is 6.09 Å². The Morgan fingerprint density at radius 2 is 1.90 bits per heavy atom. The van der Waals surface area contributed by atoms with Gasteiger partial charge in [-0.05, 0) is 36.9 Å². The van der Waals surface area contributed by atoms with Crippen molar-refractivity contribution >= 4 is 17.9 Å². The molecule has 0 unspecified atom stereocenters. The Hall–Kier alpha value is -2.87. The van der Waals surface area contributed by atoms with Gasteiger partial charge in [0.25, 0.3) is 0 Å². The Balaban J connectivity index is 1.63. The summed E-state index contributed by atoms with van der Waals surface area (Å²) >= 11 is 1.61. The first-order valence-electron chi connectivity index (χ1n) is 10.6. The van der Waals surface area contributed by atoms with Crippen LogP contribution in [0.2, 0.25) is 0 Å². The highest BCUT2D eigenvalue weighted by atomic mass is 32.2. The first-order chi connectivity index (χ1) is 15.2. The zero-order chi connectivity index (χ0) is 21.9. The smallest absolute Gasteiger partial charge is 0.412 e. The van der Waals surface area contributed by atoms with Gasteiger partial charge in [0.05, 0.1) is 5.56 Å². The van der Waals surface area contributed by atoms with Crippen molar-refractivity contribution < 1.29 is 13.9 Å². The van der Waals surface area contributed by atoms with E-state index < -0.39 is 6.09 Å². The SMILES string of the molecule is CCCCCCCCNC(=O)Oc1ccc(SC)c(-c2cncc(-c3nnco3)c2)c1. The van der Waals surface area contributed by atoms with Crippen LogP contribution in [0.15, 0.2) is 52.4 Å². The molecule has 164 valence electrons. The van der Waals surface area contributed by atoms with E-state index in [0.717, 1.165) is 34.4 Å². The number of aromatic nitrogens is 3. The lowest BCUT2D eigenvalue weighted by atomic mass is 10.1. The van der Waals surface area contributed by atoms with Gasteiger partial charge < -0.3 is 14.5 Å². The third kappa shape index (κ3) is 6.82. The number of nitrogens with one attached hydrogen (secondary N) is 1. The predicted molar refractivity (Wildman–Crippen MR) is 122 cm³/mol. The molecule has 2 heterocycles. The van der Waals surface area contributed by atoms with Gasteiger partial charge in [-0.3, -0.25) is 4.98 Å². The fraction of sp³-hybridized carbons (Fsp3) is 0.391. The number of benzene rings is 1. The van der Waals surface area contributed by atoms with E-state index >= 15 is 0 Å². The second-order valence-corrected chi connectivity index (χ2v) is 8.00. The van der Waals surface area contributed by atoms with Crippen molar-refractivity contribution in [3.05, 3.63) is 43.1 Å². The molecular formula is C23H28N4O3S. The average molecular weight is 441 g/mol. The largest absolute Gasteiger partial charge is 0.423 e. The van der Waals surface area contributed by atoms with Crippen LogP contribution in [0.25, 0.3) is 22.6 Å². The normalized spacial score (nSPS) is 10.8. The first-order valence-corrected chi connectivity index (χ1v) is 11.8. The zero-order valence-corrected chi connectivity index (χ0v) is 18.8. The number of thioether (sulfide) groups is 1. The van der Waals surface area contributed by atoms with E-state index in [1.54, 1.807) is 30.2 Å². The molecule has 3 rings (SSSR count). The molecule has 8 heteroatoms. The molecule has 2 aromatic heterocycles. The molecule has 1 amide bonds. The monoisotopic (exact) mass is 440 g/mol. The highest BCUT2D eigenvalue weighted by molar-refractivity contribution is 7.98. The van der Waals surface area contributed by atoms with Gasteiger partial charge in [-0.2, -0.15) is 0 Å². The summed E-state index contributed by atoms with van der Waals surface area (Å²) in [6.45, 7) is 2.83. The predicted octanol–water partition coefficient (Wildman–Crippen LogP) is 5.97. The number of pyridine rings is 1. The standard InChI is InChI=1S/C23H28N4O3S/c1-3-4-5-6-7-8-11-25-23(28)30-19-9-10-21(31-2)20(13-19)17-12-18(15-24-14-17)22-27-26-16-29-22/h9-10,12-16H,3-8,11H2,1-2H3,(H,25,28). The maximum atomic E-state index is 12.2. The van der Waals surface area contributed by atoms with Crippen LogP contribution < -0.4 is 10.1 Å². The Bertz CT molecular complexity index is 963. The second kappa shape index (κ2) is 12.1. The topological polar surface area (TPSA) is 90.1 Å². The van der Waals surface area contributed by atoms with Gasteiger partial charge in [0.2, 0.25) is 12.3 Å². The molecule has 0 atom stereocenters. The van der Waals surface area contributed by atoms with Gasteiger partial charge in [0, 0.05) is 35.0 Å². The van der Waals surface area contributed by atoms with E-state index in [1.165, 1.54) is 32.1 Å². The van der Waals surface area contributed by atoms with Crippen LogP contribution in [0.3, 0.4) is 0 Å². The lowest BCUT2D eigenvalue weighted by molar-refractivity contribution is 0.200. The Kier molecular flexibility index (Phi) is 8.90. The Labute approximate surface area is 187 Å². The summed E-state index contributed by atoms with van der Waals surface area (Å²) in [6.07, 6.45) is 13.3. The van der Waals surface area contributed by atoms with E-state index in [0.29, 0.717) is 18.2 Å². The molecule has 0 aliphatic heterocycles. The van der Waals surface area contributed by atoms with Crippen LogP contribution in [-0.2, 0) is 0 Å². The van der Waals surface area contributed by atoms with Crippen LogP contribution in [0.5, 0.6) is 5.75 Å². The summed E-state index contributed by atoms with van der Waals surface area (Å²) in [6, 6.07) is 7.52. The number of carbonyl (C=O) groups is 1. The molecule has 0 spiro atoms. The number of nitrogens with zero attached hydrogens (tertiary/aromatic N) is 3. The van der Waals surface area contributed by atoms with E-state index in [1.807, 2.05) is 24.5 Å². The number of rotatable bonds is 11. The molecular weight excluding hydrogens is 412 g/mol. The Morgan fingerprint density at radius 3 is 2.68 bits per heavy atom. The molecule has 7 nitrogen and oxygen atoms in total. The van der Waals surface area contributed by atoms with Crippen LogP contribution >= 0.6 is 11.8 Å². The van der Waals surface area contributed by atoms with E-state index in [-0.39, 0.29) is 0 Å². The summed E-state index contributed by atoms with van der Waals surface area (Å²) < 4.78 is 10.8. The zero-order valence-electron chi connectivity index (χ0n) is 18.0. The van der Waals surface area contributed by atoms with E-state index in [9.17, 15) is 4.79 Å². The van der Waals surface area contributed by atoms with Crippen molar-refractivity contribution in [2.45, 2.75) is 50.3 Å². The minimum absolute atomic E-state index is 0.404. The van der Waals surface area contributed by atoms with Crippen molar-refractivity contribution in [3.63, 3.8) is 0 Å². The molecule has 0 saturated carbocycles. The molecule has 0 aliphatic rings. The third-order valence-electron chi connectivity index (χ3n) is 4.84. The first kappa shape index (κ1) is 22.8. The van der Waals surface area contributed by atoms with Gasteiger partial charge in [-0.25, -0.2) is 4.79 Å². The minimum Gasteiger partial charge on any atom is -0.423 e. The molecule has 1 N–H and O–H groups in total. The number of hydrogen-bond donors (Lipinski definition) is 1. The molecule has 0 fully saturated rings.